The van der Waals surface area contributed by atoms with Crippen molar-refractivity contribution in [1.29, 1.82) is 0 Å². The van der Waals surface area contributed by atoms with E-state index in [0.29, 0.717) is 25.4 Å². The zero-order valence-corrected chi connectivity index (χ0v) is 23.5. The molecule has 3 saturated carbocycles. The predicted molar refractivity (Wildman–Crippen MR) is 136 cm³/mol. The number of aliphatic hydroxyl groups excluding tert-OH is 1. The highest BCUT2D eigenvalue weighted by Crippen LogP contribution is 2.73. The Hall–Kier alpha value is -1.73. The molecule has 0 amide bonds. The third kappa shape index (κ3) is 3.70. The van der Waals surface area contributed by atoms with Crippen molar-refractivity contribution < 1.29 is 33.7 Å². The quantitative estimate of drug-likeness (QED) is 0.432. The summed E-state index contributed by atoms with van der Waals surface area (Å²) in [5.41, 5.74) is -0.269. The summed E-state index contributed by atoms with van der Waals surface area (Å²) in [4.78, 5) is 38.1. The molecule has 0 aromatic carbocycles. The van der Waals surface area contributed by atoms with Crippen LogP contribution in [0.3, 0.4) is 0 Å². The van der Waals surface area contributed by atoms with Crippen LogP contribution in [0, 0.1) is 45.3 Å². The highest BCUT2D eigenvalue weighted by Gasteiger charge is 2.72. The number of aliphatic hydroxyl groups is 1. The minimum Gasteiger partial charge on any atom is -0.462 e. The standard InChI is InChI=1S/C30H44O7/c1-16(31)36-24-13-22-27(3,4)23(33)14-25(37-17(2)32)30(22,7)21-10-11-28(5)19(18-12-26(34)35-15-18)8-9-20(28)29(21,24)6/h9,18-19,21-22,24-26,34H,8,10-15H2,1-7H3/t18-,19-,21-,22-,24+,25-,26?,28-,29-,30+/m0/s1. The number of Topliss-reactive ketones (excluding diaryl/α,β-unsaturated/α-hetero) is 1. The van der Waals surface area contributed by atoms with Crippen molar-refractivity contribution in [3.8, 4) is 0 Å². The van der Waals surface area contributed by atoms with Gasteiger partial charge in [-0.2, -0.15) is 0 Å². The Kier molecular flexibility index (Phi) is 6.27. The Morgan fingerprint density at radius 1 is 1.00 bits per heavy atom. The molecule has 5 aliphatic rings. The predicted octanol–water partition coefficient (Wildman–Crippen LogP) is 4.60. The van der Waals surface area contributed by atoms with Crippen molar-refractivity contribution >= 4 is 17.7 Å². The number of hydrogen-bond acceptors (Lipinski definition) is 7. The average Bonchev–Trinajstić information content (AvgIpc) is 3.36. The number of hydrogen-bond donors (Lipinski definition) is 1. The minimum absolute atomic E-state index is 0.0725. The maximum Gasteiger partial charge on any atom is 0.302 e. The lowest BCUT2D eigenvalue weighted by molar-refractivity contribution is -0.235. The monoisotopic (exact) mass is 516 g/mol. The minimum atomic E-state index is -0.695. The average molecular weight is 517 g/mol. The van der Waals surface area contributed by atoms with E-state index in [4.69, 9.17) is 14.2 Å². The molecule has 4 fully saturated rings. The molecule has 4 aliphatic carbocycles. The summed E-state index contributed by atoms with van der Waals surface area (Å²) in [6.45, 7) is 14.3. The lowest BCUT2D eigenvalue weighted by atomic mass is 9.36. The van der Waals surface area contributed by atoms with Gasteiger partial charge in [-0.3, -0.25) is 14.4 Å². The van der Waals surface area contributed by atoms with E-state index in [1.807, 2.05) is 13.8 Å². The number of allylic oxidation sites excluding steroid dienone is 1. The lowest BCUT2D eigenvalue weighted by Crippen LogP contribution is -2.69. The number of ether oxygens (including phenoxy) is 3. The molecule has 0 spiro atoms. The van der Waals surface area contributed by atoms with Crippen molar-refractivity contribution in [2.75, 3.05) is 6.61 Å². The van der Waals surface area contributed by atoms with Crippen molar-refractivity contribution in [3.05, 3.63) is 11.6 Å². The highest BCUT2D eigenvalue weighted by atomic mass is 16.6. The number of esters is 2. The van der Waals surface area contributed by atoms with Gasteiger partial charge in [0.25, 0.3) is 0 Å². The number of carbonyl (C=O) groups excluding carboxylic acids is 3. The van der Waals surface area contributed by atoms with Gasteiger partial charge < -0.3 is 19.3 Å². The van der Waals surface area contributed by atoms with E-state index in [2.05, 4.69) is 26.8 Å². The zero-order valence-electron chi connectivity index (χ0n) is 23.5. The highest BCUT2D eigenvalue weighted by molar-refractivity contribution is 5.86. The molecular weight excluding hydrogens is 472 g/mol. The van der Waals surface area contributed by atoms with Crippen LogP contribution >= 0.6 is 0 Å². The fourth-order valence-electron chi connectivity index (χ4n) is 10.1. The third-order valence-electron chi connectivity index (χ3n) is 11.7. The summed E-state index contributed by atoms with van der Waals surface area (Å²) >= 11 is 0. The van der Waals surface area contributed by atoms with Crippen LogP contribution in [0.2, 0.25) is 0 Å². The molecule has 1 unspecified atom stereocenters. The van der Waals surface area contributed by atoms with Crippen molar-refractivity contribution in [1.82, 2.24) is 0 Å². The first kappa shape index (κ1) is 26.9. The number of carbonyl (C=O) groups is 3. The Balaban J connectivity index is 1.62. The SMILES string of the molecule is CC(=O)O[C@H]1CC(=O)C(C)(C)[C@@H]2C[C@@H](OC(C)=O)[C@@]3(C)C4=CC[C@@H]([C@@H]5COC(O)C5)[C@]4(C)CC[C@@H]3[C@@]12C. The van der Waals surface area contributed by atoms with Crippen LogP contribution in [0.1, 0.15) is 87.0 Å². The second-order valence-electron chi connectivity index (χ2n) is 13.7. The van der Waals surface area contributed by atoms with Gasteiger partial charge >= 0.3 is 11.9 Å². The first-order chi connectivity index (χ1) is 17.2. The van der Waals surface area contributed by atoms with Gasteiger partial charge in [-0.05, 0) is 54.8 Å². The van der Waals surface area contributed by atoms with Gasteiger partial charge in [0.1, 0.15) is 18.0 Å². The summed E-state index contributed by atoms with van der Waals surface area (Å²) in [5.74, 6) is 0.0631. The fraction of sp³-hybridized carbons (Fsp3) is 0.833. The summed E-state index contributed by atoms with van der Waals surface area (Å²) in [5, 5.41) is 10.1. The number of fused-ring (bicyclic) bond motifs is 5. The zero-order chi connectivity index (χ0) is 27.1. The Morgan fingerprint density at radius 2 is 1.65 bits per heavy atom. The van der Waals surface area contributed by atoms with E-state index in [0.717, 1.165) is 19.3 Å². The molecule has 1 N–H and O–H groups in total. The molecule has 10 atom stereocenters. The topological polar surface area (TPSA) is 99.1 Å². The summed E-state index contributed by atoms with van der Waals surface area (Å²) < 4.78 is 17.7. The molecular formula is C30H44O7. The van der Waals surface area contributed by atoms with Crippen LogP contribution in [0.4, 0.5) is 0 Å². The van der Waals surface area contributed by atoms with E-state index in [1.54, 1.807) is 0 Å². The van der Waals surface area contributed by atoms with Crippen molar-refractivity contribution in [2.24, 2.45) is 45.3 Å². The van der Waals surface area contributed by atoms with Crippen LogP contribution in [0.5, 0.6) is 0 Å². The summed E-state index contributed by atoms with van der Waals surface area (Å²) in [6, 6.07) is 0. The lowest BCUT2D eigenvalue weighted by Gasteiger charge is -2.68. The van der Waals surface area contributed by atoms with Crippen LogP contribution in [0.25, 0.3) is 0 Å². The molecule has 7 nitrogen and oxygen atoms in total. The number of rotatable bonds is 3. The Bertz CT molecular complexity index is 1030. The van der Waals surface area contributed by atoms with Crippen LogP contribution in [-0.2, 0) is 28.6 Å². The largest absolute Gasteiger partial charge is 0.462 e. The normalized spacial score (nSPS) is 48.4. The van der Waals surface area contributed by atoms with Crippen LogP contribution in [0.15, 0.2) is 11.6 Å². The van der Waals surface area contributed by atoms with E-state index in [1.165, 1.54) is 19.4 Å². The van der Waals surface area contributed by atoms with E-state index in [-0.39, 0.29) is 53.4 Å². The van der Waals surface area contributed by atoms with Crippen molar-refractivity contribution in [2.45, 2.75) is 105 Å². The molecule has 0 aromatic rings. The molecule has 5 rings (SSSR count). The molecule has 1 aliphatic heterocycles. The van der Waals surface area contributed by atoms with Gasteiger partial charge in [0, 0.05) is 42.9 Å². The first-order valence-corrected chi connectivity index (χ1v) is 14.0. The van der Waals surface area contributed by atoms with E-state index >= 15 is 0 Å². The molecule has 37 heavy (non-hydrogen) atoms. The van der Waals surface area contributed by atoms with E-state index in [9.17, 15) is 19.5 Å². The van der Waals surface area contributed by atoms with Gasteiger partial charge in [0.15, 0.2) is 6.29 Å². The second kappa shape index (κ2) is 8.64. The van der Waals surface area contributed by atoms with Crippen LogP contribution in [-0.4, -0.2) is 47.9 Å². The smallest absolute Gasteiger partial charge is 0.302 e. The van der Waals surface area contributed by atoms with Gasteiger partial charge in [-0.15, -0.1) is 0 Å². The van der Waals surface area contributed by atoms with Gasteiger partial charge in [0.2, 0.25) is 0 Å². The molecule has 1 saturated heterocycles. The number of ketones is 1. The molecule has 0 bridgehead atoms. The summed E-state index contributed by atoms with van der Waals surface area (Å²) in [6.07, 6.45) is 5.02. The first-order valence-electron chi connectivity index (χ1n) is 14.0. The van der Waals surface area contributed by atoms with Crippen LogP contribution < -0.4 is 0 Å². The van der Waals surface area contributed by atoms with Gasteiger partial charge in [-0.25, -0.2) is 0 Å². The molecule has 7 heteroatoms. The maximum absolute atomic E-state index is 13.4. The summed E-state index contributed by atoms with van der Waals surface area (Å²) in [7, 11) is 0. The van der Waals surface area contributed by atoms with Crippen molar-refractivity contribution in [3.63, 3.8) is 0 Å². The second-order valence-corrected chi connectivity index (χ2v) is 13.7. The van der Waals surface area contributed by atoms with Gasteiger partial charge in [0.05, 0.1) is 6.61 Å². The molecule has 0 aromatic heterocycles. The molecule has 0 radical (unpaired) electrons. The molecule has 1 heterocycles. The Labute approximate surface area is 220 Å². The van der Waals surface area contributed by atoms with E-state index < -0.39 is 28.6 Å². The molecule has 206 valence electrons. The fourth-order valence-corrected chi connectivity index (χ4v) is 10.1. The third-order valence-corrected chi connectivity index (χ3v) is 11.7. The van der Waals surface area contributed by atoms with Gasteiger partial charge in [-0.1, -0.05) is 46.3 Å². The maximum atomic E-state index is 13.4. The Morgan fingerprint density at radius 3 is 2.24 bits per heavy atom.